The molecule has 5 rings (SSSR count). The highest BCUT2D eigenvalue weighted by atomic mass is 16.1. The van der Waals surface area contributed by atoms with Crippen LogP contribution in [-0.2, 0) is 30.1 Å². The number of ketones is 1. The molecule has 1 aromatic heterocycles. The van der Waals surface area contributed by atoms with Gasteiger partial charge < -0.3 is 0 Å². The monoisotopic (exact) mass is 407 g/mol. The molecule has 0 saturated carbocycles. The second kappa shape index (κ2) is 7.35. The Morgan fingerprint density at radius 3 is 2.48 bits per heavy atom. The summed E-state index contributed by atoms with van der Waals surface area (Å²) in [7, 11) is 2.00. The molecule has 1 heterocycles. The standard InChI is InChI=1S/C27H25N3O/c1-18-23-14-13-22-24(20-11-7-4-8-12-20)30(2)29-26(22)27(23,16-21(17-28)25(18)31)15-19-9-5-3-6-10-19/h3-12,16,18,23H,13-15H2,1-2H3/t18-,23-,27-/m0/s1. The van der Waals surface area contributed by atoms with Gasteiger partial charge in [-0.05, 0) is 30.7 Å². The van der Waals surface area contributed by atoms with Gasteiger partial charge in [-0.25, -0.2) is 0 Å². The second-order valence-electron chi connectivity index (χ2n) is 8.84. The molecule has 0 bridgehead atoms. The molecular formula is C27H25N3O. The lowest BCUT2D eigenvalue weighted by Crippen LogP contribution is -2.48. The van der Waals surface area contributed by atoms with Gasteiger partial charge in [-0.1, -0.05) is 73.7 Å². The van der Waals surface area contributed by atoms with Crippen LogP contribution in [0.5, 0.6) is 0 Å². The van der Waals surface area contributed by atoms with Crippen LogP contribution in [0.25, 0.3) is 11.3 Å². The zero-order chi connectivity index (χ0) is 21.6. The van der Waals surface area contributed by atoms with E-state index in [0.717, 1.165) is 36.2 Å². The smallest absolute Gasteiger partial charge is 0.176 e. The largest absolute Gasteiger partial charge is 0.293 e. The van der Waals surface area contributed by atoms with E-state index in [1.165, 1.54) is 11.1 Å². The maximum absolute atomic E-state index is 12.9. The average Bonchev–Trinajstić information content (AvgIpc) is 3.14. The molecule has 2 aliphatic rings. The van der Waals surface area contributed by atoms with Gasteiger partial charge in [0.1, 0.15) is 6.07 Å². The third-order valence-corrected chi connectivity index (χ3v) is 7.14. The maximum Gasteiger partial charge on any atom is 0.176 e. The van der Waals surface area contributed by atoms with Crippen LogP contribution in [0.2, 0.25) is 0 Å². The molecule has 0 spiro atoms. The minimum absolute atomic E-state index is 0.0288. The Balaban J connectivity index is 1.77. The van der Waals surface area contributed by atoms with Gasteiger partial charge in [-0.3, -0.25) is 9.48 Å². The molecule has 0 amide bonds. The molecule has 0 saturated heterocycles. The number of nitriles is 1. The Hall–Kier alpha value is -3.45. The van der Waals surface area contributed by atoms with Gasteiger partial charge >= 0.3 is 0 Å². The first-order valence-corrected chi connectivity index (χ1v) is 10.9. The van der Waals surface area contributed by atoms with E-state index < -0.39 is 5.41 Å². The van der Waals surface area contributed by atoms with Gasteiger partial charge in [0, 0.05) is 29.5 Å². The van der Waals surface area contributed by atoms with Crippen molar-refractivity contribution in [3.05, 3.63) is 89.1 Å². The van der Waals surface area contributed by atoms with Crippen molar-refractivity contribution >= 4 is 5.78 Å². The Kier molecular flexibility index (Phi) is 4.63. The molecule has 154 valence electrons. The quantitative estimate of drug-likeness (QED) is 0.627. The summed E-state index contributed by atoms with van der Waals surface area (Å²) >= 11 is 0. The molecule has 3 atom stereocenters. The van der Waals surface area contributed by atoms with E-state index in [2.05, 4.69) is 42.5 Å². The van der Waals surface area contributed by atoms with Crippen molar-refractivity contribution in [3.8, 4) is 17.3 Å². The van der Waals surface area contributed by atoms with Crippen LogP contribution in [0.4, 0.5) is 0 Å². The van der Waals surface area contributed by atoms with E-state index in [-0.39, 0.29) is 23.2 Å². The first-order valence-electron chi connectivity index (χ1n) is 10.9. The zero-order valence-corrected chi connectivity index (χ0v) is 17.9. The Bertz CT molecular complexity index is 1220. The summed E-state index contributed by atoms with van der Waals surface area (Å²) in [5, 5.41) is 14.8. The normalized spacial score (nSPS) is 24.7. The molecule has 0 unspecified atom stereocenters. The minimum Gasteiger partial charge on any atom is -0.293 e. The zero-order valence-electron chi connectivity index (χ0n) is 17.9. The fraction of sp³-hybridized carbons (Fsp3) is 0.296. The SMILES string of the molecule is C[C@@H]1C(=O)C(C#N)=C[C@]2(Cc3ccccc3)c3nn(C)c(-c4ccccc4)c3CC[C@@H]12. The van der Waals surface area contributed by atoms with Crippen molar-refractivity contribution in [2.24, 2.45) is 18.9 Å². The molecule has 0 radical (unpaired) electrons. The highest BCUT2D eigenvalue weighted by molar-refractivity contribution is 6.02. The topological polar surface area (TPSA) is 58.7 Å². The fourth-order valence-corrected chi connectivity index (χ4v) is 5.78. The number of allylic oxidation sites excluding steroid dienone is 2. The number of aromatic nitrogens is 2. The van der Waals surface area contributed by atoms with E-state index in [1.54, 1.807) is 0 Å². The third kappa shape index (κ3) is 2.96. The van der Waals surface area contributed by atoms with E-state index >= 15 is 0 Å². The number of nitrogens with zero attached hydrogens (tertiary/aromatic N) is 3. The number of hydrogen-bond acceptors (Lipinski definition) is 3. The van der Waals surface area contributed by atoms with E-state index in [1.807, 2.05) is 49.0 Å². The predicted octanol–water partition coefficient (Wildman–Crippen LogP) is 4.80. The molecule has 4 heteroatoms. The van der Waals surface area contributed by atoms with Crippen LogP contribution < -0.4 is 0 Å². The molecule has 0 fully saturated rings. The first-order chi connectivity index (χ1) is 15.0. The van der Waals surface area contributed by atoms with Crippen LogP contribution in [0.15, 0.2) is 72.3 Å². The minimum atomic E-state index is -0.460. The second-order valence-corrected chi connectivity index (χ2v) is 8.84. The highest BCUT2D eigenvalue weighted by Crippen LogP contribution is 2.52. The van der Waals surface area contributed by atoms with Gasteiger partial charge in [0.25, 0.3) is 0 Å². The summed E-state index contributed by atoms with van der Waals surface area (Å²) in [6.45, 7) is 1.99. The van der Waals surface area contributed by atoms with Gasteiger partial charge in [-0.15, -0.1) is 0 Å². The number of Topliss-reactive ketones (excluding diaryl/α,β-unsaturated/α-hetero) is 1. The van der Waals surface area contributed by atoms with Crippen molar-refractivity contribution in [2.75, 3.05) is 0 Å². The lowest BCUT2D eigenvalue weighted by Gasteiger charge is -2.46. The molecule has 4 nitrogen and oxygen atoms in total. The number of carbonyl (C=O) groups excluding carboxylic acids is 1. The van der Waals surface area contributed by atoms with Gasteiger partial charge in [-0.2, -0.15) is 10.4 Å². The van der Waals surface area contributed by atoms with Crippen molar-refractivity contribution in [3.63, 3.8) is 0 Å². The summed E-state index contributed by atoms with van der Waals surface area (Å²) in [6, 6.07) is 22.9. The van der Waals surface area contributed by atoms with Crippen molar-refractivity contribution < 1.29 is 4.79 Å². The molecule has 2 aromatic carbocycles. The lowest BCUT2D eigenvalue weighted by molar-refractivity contribution is -0.121. The first kappa shape index (κ1) is 19.5. The van der Waals surface area contributed by atoms with Crippen molar-refractivity contribution in [1.29, 1.82) is 5.26 Å². The number of fused-ring (bicyclic) bond motifs is 3. The highest BCUT2D eigenvalue weighted by Gasteiger charge is 2.52. The van der Waals surface area contributed by atoms with Crippen LogP contribution in [0.3, 0.4) is 0 Å². The van der Waals surface area contributed by atoms with Crippen LogP contribution in [0, 0.1) is 23.2 Å². The molecule has 0 aliphatic heterocycles. The van der Waals surface area contributed by atoms with Crippen LogP contribution >= 0.6 is 0 Å². The summed E-state index contributed by atoms with van der Waals surface area (Å²) in [5.74, 6) is -0.0964. The third-order valence-electron chi connectivity index (χ3n) is 7.14. The number of carbonyl (C=O) groups is 1. The van der Waals surface area contributed by atoms with Crippen molar-refractivity contribution in [2.45, 2.75) is 31.6 Å². The number of benzene rings is 2. The van der Waals surface area contributed by atoms with Crippen molar-refractivity contribution in [1.82, 2.24) is 9.78 Å². The molecule has 3 aromatic rings. The van der Waals surface area contributed by atoms with Gasteiger partial charge in [0.15, 0.2) is 5.78 Å². The van der Waals surface area contributed by atoms with Crippen LogP contribution in [-0.4, -0.2) is 15.6 Å². The average molecular weight is 408 g/mol. The molecule has 31 heavy (non-hydrogen) atoms. The summed E-state index contributed by atoms with van der Waals surface area (Å²) in [6.07, 6.45) is 4.49. The Morgan fingerprint density at radius 2 is 1.81 bits per heavy atom. The molecular weight excluding hydrogens is 382 g/mol. The summed E-state index contributed by atoms with van der Waals surface area (Å²) in [5.41, 5.74) is 5.58. The molecule has 2 aliphatic carbocycles. The van der Waals surface area contributed by atoms with Gasteiger partial charge in [0.2, 0.25) is 0 Å². The van der Waals surface area contributed by atoms with E-state index in [0.29, 0.717) is 0 Å². The van der Waals surface area contributed by atoms with E-state index in [4.69, 9.17) is 5.10 Å². The number of aryl methyl sites for hydroxylation is 1. The van der Waals surface area contributed by atoms with E-state index in [9.17, 15) is 10.1 Å². The molecule has 0 N–H and O–H groups in total. The number of rotatable bonds is 3. The lowest BCUT2D eigenvalue weighted by atomic mass is 9.55. The van der Waals surface area contributed by atoms with Crippen LogP contribution in [0.1, 0.15) is 30.2 Å². The Morgan fingerprint density at radius 1 is 1.13 bits per heavy atom. The maximum atomic E-state index is 12.9. The Labute approximate surface area is 182 Å². The fourth-order valence-electron chi connectivity index (χ4n) is 5.78. The summed E-state index contributed by atoms with van der Waals surface area (Å²) < 4.78 is 1.98. The van der Waals surface area contributed by atoms with Gasteiger partial charge in [0.05, 0.1) is 17.0 Å². The summed E-state index contributed by atoms with van der Waals surface area (Å²) in [4.78, 5) is 12.9. The predicted molar refractivity (Wildman–Crippen MR) is 120 cm³/mol. The number of hydrogen-bond donors (Lipinski definition) is 0.